The van der Waals surface area contributed by atoms with Crippen LogP contribution < -0.4 is 9.64 Å². The van der Waals surface area contributed by atoms with Gasteiger partial charge in [-0.2, -0.15) is 0 Å². The lowest BCUT2D eigenvalue weighted by molar-refractivity contribution is -0.123. The van der Waals surface area contributed by atoms with E-state index in [0.29, 0.717) is 18.0 Å². The zero-order chi connectivity index (χ0) is 22.7. The Morgan fingerprint density at radius 3 is 2.06 bits per heavy atom. The van der Waals surface area contributed by atoms with E-state index in [1.807, 2.05) is 43.3 Å². The number of carbonyl (C=O) groups excluding carboxylic acids is 2. The number of amides is 2. The van der Waals surface area contributed by atoms with Crippen LogP contribution in [0.15, 0.2) is 72.8 Å². The molecule has 0 spiro atoms. The summed E-state index contributed by atoms with van der Waals surface area (Å²) < 4.78 is 5.95. The van der Waals surface area contributed by atoms with Gasteiger partial charge in [-0.1, -0.05) is 74.5 Å². The number of rotatable bonds is 5. The second-order valence-corrected chi connectivity index (χ2v) is 9.31. The van der Waals surface area contributed by atoms with Gasteiger partial charge in [0, 0.05) is 11.3 Å². The Balaban J connectivity index is 1.58. The van der Waals surface area contributed by atoms with Gasteiger partial charge < -0.3 is 4.74 Å². The van der Waals surface area contributed by atoms with Crippen molar-refractivity contribution in [1.29, 1.82) is 0 Å². The van der Waals surface area contributed by atoms with E-state index in [2.05, 4.69) is 43.3 Å². The fourth-order valence-corrected chi connectivity index (χ4v) is 6.74. The van der Waals surface area contributed by atoms with E-state index in [-0.39, 0.29) is 17.7 Å². The number of imide groups is 1. The van der Waals surface area contributed by atoms with Gasteiger partial charge in [-0.3, -0.25) is 9.59 Å². The second kappa shape index (κ2) is 7.31. The number of para-hydroxylation sites is 2. The van der Waals surface area contributed by atoms with Gasteiger partial charge in [-0.15, -0.1) is 0 Å². The van der Waals surface area contributed by atoms with E-state index in [0.717, 1.165) is 12.8 Å². The van der Waals surface area contributed by atoms with Crippen LogP contribution >= 0.6 is 0 Å². The Morgan fingerprint density at radius 1 is 0.818 bits per heavy atom. The summed E-state index contributed by atoms with van der Waals surface area (Å²) >= 11 is 0. The van der Waals surface area contributed by atoms with Crippen molar-refractivity contribution >= 4 is 17.5 Å². The smallest absolute Gasteiger partial charge is 0.239 e. The number of hydrogen-bond acceptors (Lipinski definition) is 3. The van der Waals surface area contributed by atoms with Crippen LogP contribution in [0.2, 0.25) is 0 Å². The highest BCUT2D eigenvalue weighted by atomic mass is 16.5. The van der Waals surface area contributed by atoms with Gasteiger partial charge in [0.05, 0.1) is 24.1 Å². The average Bonchev–Trinajstić information content (AvgIpc) is 3.13. The molecular formula is C29H27NO3. The van der Waals surface area contributed by atoms with Crippen molar-refractivity contribution in [2.24, 2.45) is 11.8 Å². The summed E-state index contributed by atoms with van der Waals surface area (Å²) in [6.45, 7) is 4.73. The molecule has 2 atom stereocenters. The number of hydrogen-bond donors (Lipinski definition) is 0. The normalized spacial score (nSPS) is 26.7. The molecule has 7 rings (SSSR count). The quantitative estimate of drug-likeness (QED) is 0.500. The number of carbonyl (C=O) groups is 2. The summed E-state index contributed by atoms with van der Waals surface area (Å²) in [5, 5.41) is 0. The maximum atomic E-state index is 14.2. The molecular weight excluding hydrogens is 410 g/mol. The Hall–Kier alpha value is -3.40. The summed E-state index contributed by atoms with van der Waals surface area (Å²) in [4.78, 5) is 29.7. The minimum atomic E-state index is -0.507. The largest absolute Gasteiger partial charge is 0.491 e. The highest BCUT2D eigenvalue weighted by molar-refractivity contribution is 6.24. The van der Waals surface area contributed by atoms with E-state index >= 15 is 0 Å². The fourth-order valence-electron chi connectivity index (χ4n) is 6.74. The maximum absolute atomic E-state index is 14.2. The SMILES string of the molecule is CCCOc1ccccc1N1C(=O)[C@@H]2C3c4ccccc4C(CC)(c4ccccc43)[C@H]2C1=O. The van der Waals surface area contributed by atoms with Crippen molar-refractivity contribution in [3.8, 4) is 5.75 Å². The van der Waals surface area contributed by atoms with E-state index in [1.54, 1.807) is 0 Å². The van der Waals surface area contributed by atoms with Gasteiger partial charge in [0.25, 0.3) is 0 Å². The third-order valence-electron chi connectivity index (χ3n) is 7.92. The summed E-state index contributed by atoms with van der Waals surface area (Å²) in [5.74, 6) is -0.545. The molecule has 1 heterocycles. The maximum Gasteiger partial charge on any atom is 0.239 e. The zero-order valence-corrected chi connectivity index (χ0v) is 19.0. The predicted octanol–water partition coefficient (Wildman–Crippen LogP) is 5.44. The fraction of sp³-hybridized carbons (Fsp3) is 0.310. The Kier molecular flexibility index (Phi) is 4.48. The molecule has 0 radical (unpaired) electrons. The second-order valence-electron chi connectivity index (χ2n) is 9.31. The molecule has 1 aliphatic heterocycles. The summed E-state index contributed by atoms with van der Waals surface area (Å²) in [7, 11) is 0. The molecule has 3 aromatic rings. The molecule has 3 aromatic carbocycles. The minimum Gasteiger partial charge on any atom is -0.491 e. The molecule has 0 aromatic heterocycles. The van der Waals surface area contributed by atoms with Gasteiger partial charge in [-0.05, 0) is 47.2 Å². The molecule has 166 valence electrons. The van der Waals surface area contributed by atoms with Gasteiger partial charge in [0.2, 0.25) is 11.8 Å². The van der Waals surface area contributed by atoms with Crippen molar-refractivity contribution in [3.05, 3.63) is 95.1 Å². The van der Waals surface area contributed by atoms with Crippen LogP contribution in [-0.2, 0) is 15.0 Å². The van der Waals surface area contributed by atoms with Crippen LogP contribution in [0.3, 0.4) is 0 Å². The third-order valence-corrected chi connectivity index (χ3v) is 7.92. The van der Waals surface area contributed by atoms with Crippen molar-refractivity contribution in [2.45, 2.75) is 38.0 Å². The van der Waals surface area contributed by atoms with Crippen molar-refractivity contribution in [3.63, 3.8) is 0 Å². The molecule has 0 unspecified atom stereocenters. The molecule has 0 N–H and O–H groups in total. The lowest BCUT2D eigenvalue weighted by atomic mass is 9.46. The highest BCUT2D eigenvalue weighted by Gasteiger charge is 2.67. The first-order valence-corrected chi connectivity index (χ1v) is 11.9. The third kappa shape index (κ3) is 2.47. The number of ether oxygens (including phenoxy) is 1. The minimum absolute atomic E-state index is 0.103. The standard InChI is InChI=1S/C29H27NO3/c1-3-17-33-23-16-10-9-15-22(23)30-27(31)25-24-18-11-5-7-13-20(18)29(4-2,26(25)28(30)32)21-14-8-6-12-19(21)24/h5-16,24-26H,3-4,17H2,1-2H3/t24?,25-,26-,29?/m1/s1. The molecule has 4 nitrogen and oxygen atoms in total. The van der Waals surface area contributed by atoms with Crippen LogP contribution in [-0.4, -0.2) is 18.4 Å². The van der Waals surface area contributed by atoms with Crippen LogP contribution in [0.1, 0.15) is 54.9 Å². The zero-order valence-electron chi connectivity index (χ0n) is 19.0. The van der Waals surface area contributed by atoms with Gasteiger partial charge >= 0.3 is 0 Å². The summed E-state index contributed by atoms with van der Waals surface area (Å²) in [6.07, 6.45) is 1.61. The molecule has 1 fully saturated rings. The Morgan fingerprint density at radius 2 is 1.42 bits per heavy atom. The molecule has 4 aliphatic rings. The molecule has 0 saturated carbocycles. The van der Waals surface area contributed by atoms with Crippen LogP contribution in [0, 0.1) is 11.8 Å². The van der Waals surface area contributed by atoms with Crippen LogP contribution in [0.25, 0.3) is 0 Å². The molecule has 4 heteroatoms. The average molecular weight is 438 g/mol. The highest BCUT2D eigenvalue weighted by Crippen LogP contribution is 2.65. The van der Waals surface area contributed by atoms with E-state index < -0.39 is 17.3 Å². The first kappa shape index (κ1) is 20.2. The molecule has 2 amide bonds. The lowest BCUT2D eigenvalue weighted by Gasteiger charge is -2.54. The topological polar surface area (TPSA) is 46.6 Å². The van der Waals surface area contributed by atoms with Gasteiger partial charge in [0.1, 0.15) is 5.75 Å². The van der Waals surface area contributed by atoms with Crippen LogP contribution in [0.4, 0.5) is 5.69 Å². The van der Waals surface area contributed by atoms with E-state index in [1.165, 1.54) is 27.2 Å². The van der Waals surface area contributed by atoms with Crippen LogP contribution in [0.5, 0.6) is 5.75 Å². The lowest BCUT2D eigenvalue weighted by Crippen LogP contribution is -2.53. The first-order valence-electron chi connectivity index (χ1n) is 11.9. The summed E-state index contributed by atoms with van der Waals surface area (Å²) in [6, 6.07) is 24.3. The first-order chi connectivity index (χ1) is 16.1. The van der Waals surface area contributed by atoms with Crippen molar-refractivity contribution in [2.75, 3.05) is 11.5 Å². The van der Waals surface area contributed by atoms with Crippen molar-refractivity contribution < 1.29 is 14.3 Å². The molecule has 3 aliphatic carbocycles. The Labute approximate surface area is 194 Å². The summed E-state index contributed by atoms with van der Waals surface area (Å²) in [5.41, 5.74) is 4.85. The van der Waals surface area contributed by atoms with Gasteiger partial charge in [-0.25, -0.2) is 4.90 Å². The Bertz CT molecular complexity index is 1230. The van der Waals surface area contributed by atoms with Crippen molar-refractivity contribution in [1.82, 2.24) is 0 Å². The molecule has 1 saturated heterocycles. The number of nitrogens with zero attached hydrogens (tertiary/aromatic N) is 1. The van der Waals surface area contributed by atoms with E-state index in [4.69, 9.17) is 4.74 Å². The molecule has 2 bridgehead atoms. The van der Waals surface area contributed by atoms with Gasteiger partial charge in [0.15, 0.2) is 0 Å². The molecule has 33 heavy (non-hydrogen) atoms. The number of anilines is 1. The monoisotopic (exact) mass is 437 g/mol. The number of benzene rings is 3. The van der Waals surface area contributed by atoms with E-state index in [9.17, 15) is 9.59 Å². The predicted molar refractivity (Wildman–Crippen MR) is 127 cm³/mol.